The molecule has 0 aliphatic heterocycles. The Balaban J connectivity index is 2.25. The highest BCUT2D eigenvalue weighted by molar-refractivity contribution is 9.10. The van der Waals surface area contributed by atoms with Crippen LogP contribution < -0.4 is 5.73 Å². The van der Waals surface area contributed by atoms with Crippen LogP contribution in [0.2, 0.25) is 0 Å². The second-order valence-electron chi connectivity index (χ2n) is 3.95. The molecule has 1 heterocycles. The fourth-order valence-electron chi connectivity index (χ4n) is 1.59. The van der Waals surface area contributed by atoms with Crippen molar-refractivity contribution in [2.75, 3.05) is 6.54 Å². The standard InChI is InChI=1S/C12H15BrN4S/c1-8-15-16-12(17(8)2)18-11(7-14)9-5-3-4-6-10(9)13/h3-6,11H,7,14H2,1-2H3. The predicted molar refractivity (Wildman–Crippen MR) is 77.5 cm³/mol. The molecule has 0 radical (unpaired) electrons. The quantitative estimate of drug-likeness (QED) is 0.877. The van der Waals surface area contributed by atoms with Crippen molar-refractivity contribution in [3.63, 3.8) is 0 Å². The fraction of sp³-hybridized carbons (Fsp3) is 0.333. The summed E-state index contributed by atoms with van der Waals surface area (Å²) in [6.45, 7) is 2.49. The van der Waals surface area contributed by atoms with Gasteiger partial charge >= 0.3 is 0 Å². The van der Waals surface area contributed by atoms with Crippen molar-refractivity contribution in [2.45, 2.75) is 17.3 Å². The van der Waals surface area contributed by atoms with E-state index in [4.69, 9.17) is 5.73 Å². The summed E-state index contributed by atoms with van der Waals surface area (Å²) in [5.41, 5.74) is 7.07. The third-order valence-electron chi connectivity index (χ3n) is 2.77. The zero-order valence-corrected chi connectivity index (χ0v) is 12.7. The van der Waals surface area contributed by atoms with Crippen LogP contribution in [0.25, 0.3) is 0 Å². The first-order chi connectivity index (χ1) is 8.63. The van der Waals surface area contributed by atoms with Crippen molar-refractivity contribution < 1.29 is 0 Å². The molecule has 0 saturated carbocycles. The van der Waals surface area contributed by atoms with Gasteiger partial charge in [0.1, 0.15) is 5.82 Å². The average molecular weight is 327 g/mol. The van der Waals surface area contributed by atoms with E-state index in [1.165, 1.54) is 5.56 Å². The van der Waals surface area contributed by atoms with Crippen LogP contribution in [-0.4, -0.2) is 21.3 Å². The molecule has 1 unspecified atom stereocenters. The van der Waals surface area contributed by atoms with Gasteiger partial charge in [-0.05, 0) is 18.6 Å². The van der Waals surface area contributed by atoms with Gasteiger partial charge in [-0.25, -0.2) is 0 Å². The molecule has 0 fully saturated rings. The molecule has 0 bridgehead atoms. The first-order valence-corrected chi connectivity index (χ1v) is 7.28. The Labute approximate surface area is 119 Å². The highest BCUT2D eigenvalue weighted by atomic mass is 79.9. The minimum Gasteiger partial charge on any atom is -0.329 e. The lowest BCUT2D eigenvalue weighted by molar-refractivity contribution is 0.760. The molecule has 6 heteroatoms. The Morgan fingerprint density at radius 1 is 1.39 bits per heavy atom. The fourth-order valence-corrected chi connectivity index (χ4v) is 3.37. The summed E-state index contributed by atoms with van der Waals surface area (Å²) >= 11 is 5.20. The molecule has 2 aromatic rings. The van der Waals surface area contributed by atoms with Crippen molar-refractivity contribution >= 4 is 27.7 Å². The van der Waals surface area contributed by atoms with Crippen LogP contribution in [0.4, 0.5) is 0 Å². The van der Waals surface area contributed by atoms with Gasteiger partial charge in [-0.15, -0.1) is 10.2 Å². The molecule has 2 rings (SSSR count). The van der Waals surface area contributed by atoms with E-state index in [0.717, 1.165) is 15.5 Å². The predicted octanol–water partition coefficient (Wildman–Crippen LogP) is 2.68. The Morgan fingerprint density at radius 2 is 2.11 bits per heavy atom. The maximum Gasteiger partial charge on any atom is 0.191 e. The van der Waals surface area contributed by atoms with Gasteiger partial charge in [-0.3, -0.25) is 0 Å². The molecule has 1 atom stereocenters. The number of halogens is 1. The maximum absolute atomic E-state index is 5.88. The smallest absolute Gasteiger partial charge is 0.191 e. The summed E-state index contributed by atoms with van der Waals surface area (Å²) in [6.07, 6.45) is 0. The lowest BCUT2D eigenvalue weighted by Gasteiger charge is -2.15. The largest absolute Gasteiger partial charge is 0.329 e. The minimum atomic E-state index is 0.169. The van der Waals surface area contributed by atoms with Crippen LogP contribution in [0.5, 0.6) is 0 Å². The lowest BCUT2D eigenvalue weighted by atomic mass is 10.1. The van der Waals surface area contributed by atoms with E-state index in [-0.39, 0.29) is 5.25 Å². The van der Waals surface area contributed by atoms with Crippen LogP contribution >= 0.6 is 27.7 Å². The summed E-state index contributed by atoms with van der Waals surface area (Å²) in [6, 6.07) is 8.13. The van der Waals surface area contributed by atoms with Crippen LogP contribution in [0.15, 0.2) is 33.9 Å². The van der Waals surface area contributed by atoms with Crippen molar-refractivity contribution in [1.82, 2.24) is 14.8 Å². The van der Waals surface area contributed by atoms with Gasteiger partial charge in [0.2, 0.25) is 0 Å². The van der Waals surface area contributed by atoms with E-state index in [1.807, 2.05) is 36.7 Å². The molecule has 0 aliphatic carbocycles. The molecular weight excluding hydrogens is 312 g/mol. The van der Waals surface area contributed by atoms with E-state index >= 15 is 0 Å². The first kappa shape index (κ1) is 13.6. The van der Waals surface area contributed by atoms with Crippen molar-refractivity contribution in [3.8, 4) is 0 Å². The molecule has 1 aromatic heterocycles. The number of nitrogens with zero attached hydrogens (tertiary/aromatic N) is 3. The Kier molecular flexibility index (Phi) is 4.42. The first-order valence-electron chi connectivity index (χ1n) is 5.60. The number of rotatable bonds is 4. The Bertz CT molecular complexity index is 541. The van der Waals surface area contributed by atoms with Crippen molar-refractivity contribution in [3.05, 3.63) is 40.1 Å². The normalized spacial score (nSPS) is 12.7. The van der Waals surface area contributed by atoms with E-state index in [0.29, 0.717) is 6.54 Å². The van der Waals surface area contributed by atoms with Gasteiger partial charge in [0.25, 0.3) is 0 Å². The molecule has 0 amide bonds. The molecule has 96 valence electrons. The van der Waals surface area contributed by atoms with Gasteiger partial charge in [0.15, 0.2) is 5.16 Å². The highest BCUT2D eigenvalue weighted by Crippen LogP contribution is 2.36. The molecule has 0 saturated heterocycles. The van der Waals surface area contributed by atoms with Crippen LogP contribution in [0.3, 0.4) is 0 Å². The number of nitrogens with two attached hydrogens (primary N) is 1. The van der Waals surface area contributed by atoms with Crippen LogP contribution in [-0.2, 0) is 7.05 Å². The van der Waals surface area contributed by atoms with Crippen LogP contribution in [0, 0.1) is 6.92 Å². The second kappa shape index (κ2) is 5.86. The number of thioether (sulfide) groups is 1. The lowest BCUT2D eigenvalue weighted by Crippen LogP contribution is -2.11. The zero-order chi connectivity index (χ0) is 13.1. The Hall–Kier alpha value is -0.850. The van der Waals surface area contributed by atoms with Gasteiger partial charge in [0, 0.05) is 18.1 Å². The second-order valence-corrected chi connectivity index (χ2v) is 5.98. The summed E-state index contributed by atoms with van der Waals surface area (Å²) in [7, 11) is 1.96. The van der Waals surface area contributed by atoms with E-state index in [1.54, 1.807) is 11.8 Å². The molecule has 18 heavy (non-hydrogen) atoms. The van der Waals surface area contributed by atoms with E-state index in [9.17, 15) is 0 Å². The molecule has 0 spiro atoms. The summed E-state index contributed by atoms with van der Waals surface area (Å²) in [5.74, 6) is 0.903. The zero-order valence-electron chi connectivity index (χ0n) is 10.3. The van der Waals surface area contributed by atoms with E-state index in [2.05, 4.69) is 32.2 Å². The molecule has 1 aromatic carbocycles. The highest BCUT2D eigenvalue weighted by Gasteiger charge is 2.17. The molecule has 2 N–H and O–H groups in total. The number of aryl methyl sites for hydroxylation is 1. The summed E-state index contributed by atoms with van der Waals surface area (Å²) < 4.78 is 3.05. The molecular formula is C12H15BrN4S. The number of hydrogen-bond acceptors (Lipinski definition) is 4. The molecule has 4 nitrogen and oxygen atoms in total. The number of aromatic nitrogens is 3. The minimum absolute atomic E-state index is 0.169. The topological polar surface area (TPSA) is 56.7 Å². The van der Waals surface area contributed by atoms with E-state index < -0.39 is 0 Å². The average Bonchev–Trinajstić information content (AvgIpc) is 2.68. The number of benzene rings is 1. The monoisotopic (exact) mass is 326 g/mol. The number of hydrogen-bond donors (Lipinski definition) is 1. The SMILES string of the molecule is Cc1nnc(SC(CN)c2ccccc2Br)n1C. The van der Waals surface area contributed by atoms with Crippen LogP contribution in [0.1, 0.15) is 16.6 Å². The van der Waals surface area contributed by atoms with Crippen molar-refractivity contribution in [2.24, 2.45) is 12.8 Å². The third-order valence-corrected chi connectivity index (χ3v) is 4.79. The summed E-state index contributed by atoms with van der Waals surface area (Å²) in [4.78, 5) is 0. The van der Waals surface area contributed by atoms with Crippen molar-refractivity contribution in [1.29, 1.82) is 0 Å². The maximum atomic E-state index is 5.88. The van der Waals surface area contributed by atoms with Gasteiger partial charge < -0.3 is 10.3 Å². The molecule has 0 aliphatic rings. The Morgan fingerprint density at radius 3 is 2.67 bits per heavy atom. The van der Waals surface area contributed by atoms with Gasteiger partial charge in [-0.1, -0.05) is 45.9 Å². The van der Waals surface area contributed by atoms with Gasteiger partial charge in [0.05, 0.1) is 5.25 Å². The third kappa shape index (κ3) is 2.76. The van der Waals surface area contributed by atoms with Gasteiger partial charge in [-0.2, -0.15) is 0 Å². The summed E-state index contributed by atoms with van der Waals surface area (Å²) in [5, 5.41) is 9.28.